The van der Waals surface area contributed by atoms with Crippen LogP contribution in [0.3, 0.4) is 0 Å². The molecule has 2 aromatic heterocycles. The van der Waals surface area contributed by atoms with Crippen LogP contribution in [0.15, 0.2) is 45.7 Å². The number of carbonyl (C=O) groups is 1. The smallest absolute Gasteiger partial charge is 0.306 e. The van der Waals surface area contributed by atoms with E-state index in [0.717, 1.165) is 48.6 Å². The standard InChI is InChI=1S/C26H33N3O4/c1-26(2,3)33-23(30)10-7-18-5-8-19(9-6-18)22-17-28(4)25(31)21-15-20(32-24(21)22)16-29-13-11-27-12-14-29/h5-6,8-9,15,17,27H,7,10-14,16H2,1-4H3. The highest BCUT2D eigenvalue weighted by Crippen LogP contribution is 2.30. The summed E-state index contributed by atoms with van der Waals surface area (Å²) in [6.45, 7) is 10.2. The number of aromatic nitrogens is 1. The number of esters is 1. The van der Waals surface area contributed by atoms with Gasteiger partial charge in [-0.25, -0.2) is 0 Å². The molecule has 0 saturated carbocycles. The minimum atomic E-state index is -0.470. The summed E-state index contributed by atoms with van der Waals surface area (Å²) in [4.78, 5) is 27.1. The quantitative estimate of drug-likeness (QED) is 0.579. The van der Waals surface area contributed by atoms with Gasteiger partial charge < -0.3 is 19.0 Å². The molecule has 3 heterocycles. The fourth-order valence-electron chi connectivity index (χ4n) is 4.16. The third kappa shape index (κ3) is 5.72. The lowest BCUT2D eigenvalue weighted by Crippen LogP contribution is -2.42. The van der Waals surface area contributed by atoms with Crippen molar-refractivity contribution >= 4 is 16.9 Å². The largest absolute Gasteiger partial charge is 0.460 e. The Morgan fingerprint density at radius 1 is 1.15 bits per heavy atom. The van der Waals surface area contributed by atoms with Gasteiger partial charge in [-0.15, -0.1) is 0 Å². The molecule has 1 aliphatic heterocycles. The third-order valence-electron chi connectivity index (χ3n) is 5.79. The molecule has 4 rings (SSSR count). The van der Waals surface area contributed by atoms with E-state index in [1.54, 1.807) is 11.6 Å². The Bertz CT molecular complexity index is 1180. The van der Waals surface area contributed by atoms with Gasteiger partial charge in [-0.2, -0.15) is 0 Å². The van der Waals surface area contributed by atoms with Crippen molar-refractivity contribution in [3.8, 4) is 11.1 Å². The first-order valence-electron chi connectivity index (χ1n) is 11.6. The van der Waals surface area contributed by atoms with E-state index in [4.69, 9.17) is 9.15 Å². The molecule has 0 radical (unpaired) electrons. The van der Waals surface area contributed by atoms with Crippen LogP contribution in [-0.2, 0) is 29.5 Å². The molecule has 0 bridgehead atoms. The number of benzene rings is 1. The van der Waals surface area contributed by atoms with Crippen molar-refractivity contribution in [1.29, 1.82) is 0 Å². The zero-order valence-corrected chi connectivity index (χ0v) is 19.9. The highest BCUT2D eigenvalue weighted by Gasteiger charge is 2.18. The van der Waals surface area contributed by atoms with Crippen LogP contribution in [-0.4, -0.2) is 47.2 Å². The van der Waals surface area contributed by atoms with E-state index < -0.39 is 5.60 Å². The number of fused-ring (bicyclic) bond motifs is 1. The number of aryl methyl sites for hydroxylation is 2. The molecule has 7 heteroatoms. The third-order valence-corrected chi connectivity index (χ3v) is 5.79. The van der Waals surface area contributed by atoms with E-state index >= 15 is 0 Å². The number of rotatable bonds is 6. The molecular weight excluding hydrogens is 418 g/mol. The van der Waals surface area contributed by atoms with Gasteiger partial charge in [0.05, 0.1) is 11.9 Å². The number of nitrogens with one attached hydrogen (secondary N) is 1. The van der Waals surface area contributed by atoms with Crippen LogP contribution in [0.25, 0.3) is 22.1 Å². The summed E-state index contributed by atoms with van der Waals surface area (Å²) < 4.78 is 13.2. The van der Waals surface area contributed by atoms with Crippen molar-refractivity contribution in [2.75, 3.05) is 26.2 Å². The van der Waals surface area contributed by atoms with Gasteiger partial charge in [0.2, 0.25) is 0 Å². The van der Waals surface area contributed by atoms with E-state index in [9.17, 15) is 9.59 Å². The number of ether oxygens (including phenoxy) is 1. The lowest BCUT2D eigenvalue weighted by atomic mass is 10.0. The Morgan fingerprint density at radius 3 is 2.52 bits per heavy atom. The summed E-state index contributed by atoms with van der Waals surface area (Å²) in [6, 6.07) is 9.95. The Balaban J connectivity index is 1.55. The van der Waals surface area contributed by atoms with Crippen LogP contribution in [0, 0.1) is 0 Å². The second kappa shape index (κ2) is 9.53. The molecule has 33 heavy (non-hydrogen) atoms. The van der Waals surface area contributed by atoms with Crippen LogP contribution >= 0.6 is 0 Å². The normalized spacial score (nSPS) is 15.2. The maximum Gasteiger partial charge on any atom is 0.306 e. The molecule has 3 aromatic rings. The van der Waals surface area contributed by atoms with Crippen molar-refractivity contribution in [2.45, 2.75) is 45.8 Å². The summed E-state index contributed by atoms with van der Waals surface area (Å²) in [7, 11) is 1.77. The van der Waals surface area contributed by atoms with Gasteiger partial charge in [0, 0.05) is 51.4 Å². The van der Waals surface area contributed by atoms with Gasteiger partial charge in [-0.3, -0.25) is 14.5 Å². The molecule has 7 nitrogen and oxygen atoms in total. The molecule has 1 N–H and O–H groups in total. The topological polar surface area (TPSA) is 76.7 Å². The molecular formula is C26H33N3O4. The minimum absolute atomic E-state index is 0.0574. The second-order valence-electron chi connectivity index (χ2n) is 9.72. The lowest BCUT2D eigenvalue weighted by molar-refractivity contribution is -0.154. The average molecular weight is 452 g/mol. The number of hydrogen-bond donors (Lipinski definition) is 1. The van der Waals surface area contributed by atoms with E-state index in [1.807, 2.05) is 57.3 Å². The fraction of sp³-hybridized carbons (Fsp3) is 0.462. The maximum atomic E-state index is 12.8. The maximum absolute atomic E-state index is 12.8. The van der Waals surface area contributed by atoms with Crippen molar-refractivity contribution in [3.05, 3.63) is 58.2 Å². The number of carbonyl (C=O) groups excluding carboxylic acids is 1. The highest BCUT2D eigenvalue weighted by molar-refractivity contribution is 5.91. The van der Waals surface area contributed by atoms with Gasteiger partial charge >= 0.3 is 5.97 Å². The molecule has 0 aliphatic carbocycles. The van der Waals surface area contributed by atoms with Gasteiger partial charge in [-0.05, 0) is 44.4 Å². The van der Waals surface area contributed by atoms with Crippen molar-refractivity contribution in [3.63, 3.8) is 0 Å². The van der Waals surface area contributed by atoms with Crippen LogP contribution in [0.1, 0.15) is 38.5 Å². The summed E-state index contributed by atoms with van der Waals surface area (Å²) in [5.41, 5.74) is 3.02. The monoisotopic (exact) mass is 451 g/mol. The van der Waals surface area contributed by atoms with E-state index in [1.165, 1.54) is 0 Å². The molecule has 176 valence electrons. The van der Waals surface area contributed by atoms with Crippen molar-refractivity contribution in [1.82, 2.24) is 14.8 Å². The molecule has 0 atom stereocenters. The van der Waals surface area contributed by atoms with E-state index in [-0.39, 0.29) is 11.5 Å². The molecule has 1 aliphatic rings. The van der Waals surface area contributed by atoms with Gasteiger partial charge in [0.15, 0.2) is 0 Å². The zero-order chi connectivity index (χ0) is 23.6. The number of hydrogen-bond acceptors (Lipinski definition) is 6. The predicted molar refractivity (Wildman–Crippen MR) is 129 cm³/mol. The van der Waals surface area contributed by atoms with Crippen LogP contribution in [0.2, 0.25) is 0 Å². The first kappa shape index (κ1) is 23.3. The Morgan fingerprint density at radius 2 is 1.85 bits per heavy atom. The van der Waals surface area contributed by atoms with E-state index in [0.29, 0.717) is 30.4 Å². The SMILES string of the molecule is Cn1cc(-c2ccc(CCC(=O)OC(C)(C)C)cc2)c2oc(CN3CCNCC3)cc2c1=O. The Labute approximate surface area is 194 Å². The zero-order valence-electron chi connectivity index (χ0n) is 19.9. The number of furan rings is 1. The average Bonchev–Trinajstić information content (AvgIpc) is 3.19. The number of piperazine rings is 1. The lowest BCUT2D eigenvalue weighted by Gasteiger charge is -2.26. The molecule has 0 amide bonds. The van der Waals surface area contributed by atoms with Crippen LogP contribution in [0.5, 0.6) is 0 Å². The summed E-state index contributed by atoms with van der Waals surface area (Å²) in [6.07, 6.45) is 2.79. The summed E-state index contributed by atoms with van der Waals surface area (Å²) in [5, 5.41) is 3.96. The van der Waals surface area contributed by atoms with Gasteiger partial charge in [0.25, 0.3) is 5.56 Å². The molecule has 0 spiro atoms. The molecule has 1 fully saturated rings. The first-order valence-corrected chi connectivity index (χ1v) is 11.6. The first-order chi connectivity index (χ1) is 15.7. The molecule has 1 aromatic carbocycles. The second-order valence-corrected chi connectivity index (χ2v) is 9.72. The van der Waals surface area contributed by atoms with Crippen LogP contribution < -0.4 is 10.9 Å². The summed E-state index contributed by atoms with van der Waals surface area (Å²) in [5.74, 6) is 0.615. The van der Waals surface area contributed by atoms with Gasteiger partial charge in [-0.1, -0.05) is 24.3 Å². The highest BCUT2D eigenvalue weighted by atomic mass is 16.6. The molecule has 0 unspecified atom stereocenters. The van der Waals surface area contributed by atoms with Crippen molar-refractivity contribution in [2.24, 2.45) is 7.05 Å². The van der Waals surface area contributed by atoms with Crippen LogP contribution in [0.4, 0.5) is 0 Å². The number of pyridine rings is 1. The van der Waals surface area contributed by atoms with E-state index in [2.05, 4.69) is 10.2 Å². The number of nitrogens with zero attached hydrogens (tertiary/aromatic N) is 2. The Hall–Kier alpha value is -2.90. The fourth-order valence-corrected chi connectivity index (χ4v) is 4.16. The van der Waals surface area contributed by atoms with Crippen molar-refractivity contribution < 1.29 is 13.9 Å². The minimum Gasteiger partial charge on any atom is -0.460 e. The predicted octanol–water partition coefficient (Wildman–Crippen LogP) is 3.48. The molecule has 1 saturated heterocycles. The summed E-state index contributed by atoms with van der Waals surface area (Å²) >= 11 is 0. The Kier molecular flexibility index (Phi) is 6.72. The van der Waals surface area contributed by atoms with Gasteiger partial charge in [0.1, 0.15) is 16.9 Å².